The van der Waals surface area contributed by atoms with Crippen LogP contribution in [0.5, 0.6) is 0 Å². The number of hydrogen-bond acceptors (Lipinski definition) is 3. The first-order chi connectivity index (χ1) is 18.9. The SMILES string of the molecule is c1ccc(-c2cccc3c4ccccc4n(-c4ccc(-c5ncnc6c5sc5ccccc56)cc4)c23)cc1. The predicted molar refractivity (Wildman–Crippen MR) is 160 cm³/mol. The first-order valence-electron chi connectivity index (χ1n) is 12.7. The van der Waals surface area contributed by atoms with Crippen molar-refractivity contribution in [2.75, 3.05) is 0 Å². The summed E-state index contributed by atoms with van der Waals surface area (Å²) in [6.07, 6.45) is 1.68. The molecule has 38 heavy (non-hydrogen) atoms. The molecule has 0 saturated carbocycles. The number of aromatic nitrogens is 3. The first kappa shape index (κ1) is 21.3. The number of benzene rings is 5. The highest BCUT2D eigenvalue weighted by atomic mass is 32.1. The average Bonchev–Trinajstić information content (AvgIpc) is 3.54. The third-order valence-corrected chi connectivity index (χ3v) is 8.50. The summed E-state index contributed by atoms with van der Waals surface area (Å²) >= 11 is 1.76. The lowest BCUT2D eigenvalue weighted by Gasteiger charge is -2.12. The fraction of sp³-hybridized carbons (Fsp3) is 0. The van der Waals surface area contributed by atoms with Crippen LogP contribution in [0.1, 0.15) is 0 Å². The molecule has 0 atom stereocenters. The Morgan fingerprint density at radius 1 is 0.553 bits per heavy atom. The Morgan fingerprint density at radius 3 is 2.16 bits per heavy atom. The molecule has 178 valence electrons. The molecule has 3 nitrogen and oxygen atoms in total. The Morgan fingerprint density at radius 2 is 1.29 bits per heavy atom. The van der Waals surface area contributed by atoms with Crippen LogP contribution >= 0.6 is 11.3 Å². The predicted octanol–water partition coefficient (Wildman–Crippen LogP) is 9.28. The number of hydrogen-bond donors (Lipinski definition) is 0. The minimum atomic E-state index is 0.981. The van der Waals surface area contributed by atoms with E-state index in [1.165, 1.54) is 43.0 Å². The number of para-hydroxylation sites is 2. The van der Waals surface area contributed by atoms with Gasteiger partial charge in [0.15, 0.2) is 0 Å². The second-order valence-electron chi connectivity index (χ2n) is 9.47. The van der Waals surface area contributed by atoms with Crippen LogP contribution in [-0.2, 0) is 0 Å². The van der Waals surface area contributed by atoms with Gasteiger partial charge in [0, 0.05) is 37.7 Å². The number of thiophene rings is 1. The van der Waals surface area contributed by atoms with E-state index in [4.69, 9.17) is 4.98 Å². The van der Waals surface area contributed by atoms with Crippen LogP contribution in [0, 0.1) is 0 Å². The molecule has 8 aromatic rings. The molecule has 4 heteroatoms. The molecule has 3 heterocycles. The van der Waals surface area contributed by atoms with Crippen molar-refractivity contribution in [1.82, 2.24) is 14.5 Å². The monoisotopic (exact) mass is 503 g/mol. The lowest BCUT2D eigenvalue weighted by molar-refractivity contribution is 1.18. The molecule has 0 spiro atoms. The van der Waals surface area contributed by atoms with Gasteiger partial charge in [-0.25, -0.2) is 9.97 Å². The number of fused-ring (bicyclic) bond motifs is 6. The largest absolute Gasteiger partial charge is 0.309 e. The summed E-state index contributed by atoms with van der Waals surface area (Å²) in [4.78, 5) is 9.33. The molecule has 0 fully saturated rings. The van der Waals surface area contributed by atoms with Gasteiger partial charge in [-0.15, -0.1) is 11.3 Å². The zero-order valence-electron chi connectivity index (χ0n) is 20.4. The molecule has 3 aromatic heterocycles. The molecule has 0 radical (unpaired) electrons. The Balaban J connectivity index is 1.35. The zero-order valence-corrected chi connectivity index (χ0v) is 21.2. The summed E-state index contributed by atoms with van der Waals surface area (Å²) in [5, 5.41) is 3.70. The summed E-state index contributed by atoms with van der Waals surface area (Å²) in [5.74, 6) is 0. The van der Waals surface area contributed by atoms with Crippen molar-refractivity contribution in [1.29, 1.82) is 0 Å². The van der Waals surface area contributed by atoms with Crippen LogP contribution in [0.25, 0.3) is 70.2 Å². The van der Waals surface area contributed by atoms with E-state index in [2.05, 4.69) is 131 Å². The van der Waals surface area contributed by atoms with Crippen molar-refractivity contribution in [3.8, 4) is 28.1 Å². The fourth-order valence-corrected chi connectivity index (χ4v) is 6.80. The van der Waals surface area contributed by atoms with Gasteiger partial charge in [0.2, 0.25) is 0 Å². The minimum Gasteiger partial charge on any atom is -0.309 e. The fourth-order valence-electron chi connectivity index (χ4n) is 5.63. The maximum atomic E-state index is 4.71. The molecule has 0 bridgehead atoms. The summed E-state index contributed by atoms with van der Waals surface area (Å²) < 4.78 is 4.76. The van der Waals surface area contributed by atoms with E-state index in [9.17, 15) is 0 Å². The van der Waals surface area contributed by atoms with Crippen molar-refractivity contribution in [3.63, 3.8) is 0 Å². The molecule has 8 rings (SSSR count). The summed E-state index contributed by atoms with van der Waals surface area (Å²) in [6.45, 7) is 0. The highest BCUT2D eigenvalue weighted by Gasteiger charge is 2.17. The summed E-state index contributed by atoms with van der Waals surface area (Å²) in [6, 6.07) is 43.2. The number of nitrogens with zero attached hydrogens (tertiary/aromatic N) is 3. The molecule has 0 aliphatic rings. The van der Waals surface area contributed by atoms with Gasteiger partial charge in [0.1, 0.15) is 6.33 Å². The van der Waals surface area contributed by atoms with Gasteiger partial charge < -0.3 is 4.57 Å². The average molecular weight is 504 g/mol. The number of rotatable bonds is 3. The maximum Gasteiger partial charge on any atom is 0.116 e. The van der Waals surface area contributed by atoms with Crippen LogP contribution in [0.4, 0.5) is 0 Å². The highest BCUT2D eigenvalue weighted by Crippen LogP contribution is 2.40. The van der Waals surface area contributed by atoms with Crippen LogP contribution in [0.2, 0.25) is 0 Å². The van der Waals surface area contributed by atoms with Crippen molar-refractivity contribution in [2.24, 2.45) is 0 Å². The standard InChI is InChI=1S/C34H21N3S/c1-2-9-22(10-3-1)25-13-8-14-27-26-11-4-6-15-29(26)37(33(25)27)24-19-17-23(18-20-24)31-34-32(36-21-35-31)28-12-5-7-16-30(28)38-34/h1-21H. The van der Waals surface area contributed by atoms with Crippen LogP contribution < -0.4 is 0 Å². The van der Waals surface area contributed by atoms with Crippen molar-refractivity contribution in [3.05, 3.63) is 128 Å². The minimum absolute atomic E-state index is 0.981. The molecule has 0 unspecified atom stereocenters. The van der Waals surface area contributed by atoms with Gasteiger partial charge in [-0.1, -0.05) is 97.1 Å². The second-order valence-corrected chi connectivity index (χ2v) is 10.5. The molecule has 0 amide bonds. The van der Waals surface area contributed by atoms with Gasteiger partial charge in [-0.3, -0.25) is 0 Å². The van der Waals surface area contributed by atoms with Gasteiger partial charge in [0.25, 0.3) is 0 Å². The topological polar surface area (TPSA) is 30.7 Å². The molecular formula is C34H21N3S. The normalized spacial score (nSPS) is 11.7. The van der Waals surface area contributed by atoms with Crippen LogP contribution in [0.15, 0.2) is 128 Å². The molecule has 0 aliphatic carbocycles. The summed E-state index contributed by atoms with van der Waals surface area (Å²) in [5.41, 5.74) is 9.10. The van der Waals surface area contributed by atoms with Crippen LogP contribution in [-0.4, -0.2) is 14.5 Å². The van der Waals surface area contributed by atoms with Crippen LogP contribution in [0.3, 0.4) is 0 Å². The maximum absolute atomic E-state index is 4.71. The van der Waals surface area contributed by atoms with E-state index >= 15 is 0 Å². The zero-order chi connectivity index (χ0) is 25.1. The van der Waals surface area contributed by atoms with Gasteiger partial charge in [0.05, 0.1) is 26.9 Å². The molecule has 0 saturated heterocycles. The van der Waals surface area contributed by atoms with Crippen molar-refractivity contribution < 1.29 is 0 Å². The van der Waals surface area contributed by atoms with E-state index in [1.807, 2.05) is 0 Å². The van der Waals surface area contributed by atoms with E-state index in [-0.39, 0.29) is 0 Å². The Hall–Kier alpha value is -4.80. The third kappa shape index (κ3) is 3.14. The smallest absolute Gasteiger partial charge is 0.116 e. The quantitative estimate of drug-likeness (QED) is 0.240. The lowest BCUT2D eigenvalue weighted by Crippen LogP contribution is -1.96. The van der Waals surface area contributed by atoms with Crippen molar-refractivity contribution in [2.45, 2.75) is 0 Å². The van der Waals surface area contributed by atoms with E-state index in [0.717, 1.165) is 27.2 Å². The Kier molecular flexibility index (Phi) is 4.69. The Labute approximate surface area is 223 Å². The molecular weight excluding hydrogens is 482 g/mol. The van der Waals surface area contributed by atoms with E-state index in [1.54, 1.807) is 17.7 Å². The second kappa shape index (κ2) is 8.37. The molecule has 0 aliphatic heterocycles. The Bertz CT molecular complexity index is 2120. The lowest BCUT2D eigenvalue weighted by atomic mass is 10.0. The van der Waals surface area contributed by atoms with Gasteiger partial charge in [-0.05, 0) is 29.8 Å². The molecule has 0 N–H and O–H groups in total. The summed E-state index contributed by atoms with van der Waals surface area (Å²) in [7, 11) is 0. The molecule has 5 aromatic carbocycles. The third-order valence-electron chi connectivity index (χ3n) is 7.34. The van der Waals surface area contributed by atoms with Crippen molar-refractivity contribution >= 4 is 53.4 Å². The van der Waals surface area contributed by atoms with E-state index in [0.29, 0.717) is 0 Å². The van der Waals surface area contributed by atoms with Gasteiger partial charge in [-0.2, -0.15) is 0 Å². The van der Waals surface area contributed by atoms with E-state index < -0.39 is 0 Å². The highest BCUT2D eigenvalue weighted by molar-refractivity contribution is 7.26. The first-order valence-corrected chi connectivity index (χ1v) is 13.5. The van der Waals surface area contributed by atoms with Gasteiger partial charge >= 0.3 is 0 Å².